The summed E-state index contributed by atoms with van der Waals surface area (Å²) in [4.78, 5) is 75.2. The second-order valence-electron chi connectivity index (χ2n) is 14.7. The first-order valence-electron chi connectivity index (χ1n) is 17.1. The van der Waals surface area contributed by atoms with Crippen LogP contribution in [0.25, 0.3) is 0 Å². The van der Waals surface area contributed by atoms with Crippen molar-refractivity contribution in [3.05, 3.63) is 35.9 Å². The number of hydrogen-bond acceptors (Lipinski definition) is 10. The molecular formula is C35H58N6O10. The highest BCUT2D eigenvalue weighted by Crippen LogP contribution is 2.10. The van der Waals surface area contributed by atoms with Gasteiger partial charge in [-0.25, -0.2) is 19.2 Å². The second kappa shape index (κ2) is 21.5. The largest absolute Gasteiger partial charge is 0.445 e. The minimum absolute atomic E-state index is 0.00633. The van der Waals surface area contributed by atoms with E-state index in [1.165, 1.54) is 0 Å². The Balaban J connectivity index is 2.78. The van der Waals surface area contributed by atoms with E-state index in [-0.39, 0.29) is 52.0 Å². The average molecular weight is 723 g/mol. The van der Waals surface area contributed by atoms with Crippen LogP contribution in [0.3, 0.4) is 0 Å². The smallest absolute Gasteiger partial charge is 0.408 e. The lowest BCUT2D eigenvalue weighted by Gasteiger charge is -2.24. The van der Waals surface area contributed by atoms with Crippen molar-refractivity contribution in [3.8, 4) is 0 Å². The fraction of sp³-hybridized carbons (Fsp3) is 0.657. The van der Waals surface area contributed by atoms with Gasteiger partial charge in [0.15, 0.2) is 0 Å². The summed E-state index contributed by atoms with van der Waals surface area (Å²) in [6.45, 7) is 15.9. The number of carbonyl (C=O) groups excluding carboxylic acids is 6. The van der Waals surface area contributed by atoms with Crippen molar-refractivity contribution in [2.24, 2.45) is 0 Å². The number of nitrogens with one attached hydrogen (secondary N) is 6. The summed E-state index contributed by atoms with van der Waals surface area (Å²) in [6.07, 6.45) is -1.92. The van der Waals surface area contributed by atoms with Gasteiger partial charge >= 0.3 is 24.4 Å². The molecule has 0 bridgehead atoms. The summed E-state index contributed by atoms with van der Waals surface area (Å²) in [5.41, 5.74) is -1.37. The Labute approximate surface area is 301 Å². The van der Waals surface area contributed by atoms with Crippen LogP contribution in [0.2, 0.25) is 0 Å². The fourth-order valence-corrected chi connectivity index (χ4v) is 4.13. The molecule has 0 saturated carbocycles. The summed E-state index contributed by atoms with van der Waals surface area (Å²) < 4.78 is 21.0. The quantitative estimate of drug-likeness (QED) is 0.100. The molecule has 16 nitrogen and oxygen atoms in total. The van der Waals surface area contributed by atoms with Gasteiger partial charge in [-0.2, -0.15) is 0 Å². The zero-order valence-electron chi connectivity index (χ0n) is 31.5. The maximum absolute atomic E-state index is 13.2. The molecule has 1 aromatic rings. The molecule has 6 N–H and O–H groups in total. The van der Waals surface area contributed by atoms with Crippen molar-refractivity contribution in [2.75, 3.05) is 26.2 Å². The number of rotatable bonds is 17. The van der Waals surface area contributed by atoms with Gasteiger partial charge < -0.3 is 50.8 Å². The highest BCUT2D eigenvalue weighted by atomic mass is 16.6. The highest BCUT2D eigenvalue weighted by molar-refractivity contribution is 5.86. The monoisotopic (exact) mass is 722 g/mol. The van der Waals surface area contributed by atoms with Gasteiger partial charge in [0.25, 0.3) is 0 Å². The van der Waals surface area contributed by atoms with Crippen LogP contribution in [-0.4, -0.2) is 91.3 Å². The Kier molecular flexibility index (Phi) is 18.6. The van der Waals surface area contributed by atoms with Crippen LogP contribution in [0.1, 0.15) is 93.6 Å². The number of ether oxygens (including phenoxy) is 4. The fourth-order valence-electron chi connectivity index (χ4n) is 4.13. The first kappa shape index (κ1) is 44.3. The standard InChI is InChI=1S/C35H58N6O10/c1-33(2,3)49-29(44)38-20-14-18-25(40-31(46)48-23-24-15-11-10-12-16-24)27(42)36-19-13-17-26(41-32(47)51-35(7,8)9)28(43)37-21-22-39-30(45)50-34(4,5)6/h10-12,15-16,25-26H,13-14,17-23H2,1-9H3,(H,36,42)(H,37,43)(H,38,44)(H,39,45)(H,40,46)(H,41,47)/t25-,26+/m1/s1. The zero-order valence-corrected chi connectivity index (χ0v) is 31.5. The van der Waals surface area contributed by atoms with Gasteiger partial charge in [-0.1, -0.05) is 30.3 Å². The Hall–Kier alpha value is -4.76. The molecule has 1 rings (SSSR count). The molecule has 51 heavy (non-hydrogen) atoms. The first-order valence-corrected chi connectivity index (χ1v) is 17.1. The summed E-state index contributed by atoms with van der Waals surface area (Å²) in [5.74, 6) is -1.02. The molecule has 288 valence electrons. The first-order chi connectivity index (χ1) is 23.6. The molecule has 0 spiro atoms. The van der Waals surface area contributed by atoms with Crippen LogP contribution in [0.4, 0.5) is 19.2 Å². The third kappa shape index (κ3) is 23.3. The Morgan fingerprint density at radius 2 is 0.922 bits per heavy atom. The van der Waals surface area contributed by atoms with Gasteiger partial charge in [0.1, 0.15) is 35.5 Å². The van der Waals surface area contributed by atoms with E-state index >= 15 is 0 Å². The number of benzene rings is 1. The number of hydrogen-bond donors (Lipinski definition) is 6. The Morgan fingerprint density at radius 3 is 1.41 bits per heavy atom. The Morgan fingerprint density at radius 1 is 0.529 bits per heavy atom. The van der Waals surface area contributed by atoms with Crippen molar-refractivity contribution in [1.82, 2.24) is 31.9 Å². The lowest BCUT2D eigenvalue weighted by atomic mass is 10.1. The third-order valence-electron chi connectivity index (χ3n) is 6.23. The molecule has 1 aromatic carbocycles. The summed E-state index contributed by atoms with van der Waals surface area (Å²) >= 11 is 0. The maximum Gasteiger partial charge on any atom is 0.408 e. The topological polar surface area (TPSA) is 212 Å². The molecule has 16 heteroatoms. The maximum atomic E-state index is 13.2. The Bertz CT molecular complexity index is 1270. The van der Waals surface area contributed by atoms with Crippen LogP contribution < -0.4 is 31.9 Å². The number of amides is 6. The molecule has 2 atom stereocenters. The number of carbonyl (C=O) groups is 6. The molecule has 0 fully saturated rings. The minimum atomic E-state index is -1.01. The van der Waals surface area contributed by atoms with E-state index in [0.29, 0.717) is 6.42 Å². The van der Waals surface area contributed by atoms with Crippen molar-refractivity contribution in [2.45, 2.75) is 123 Å². The third-order valence-corrected chi connectivity index (χ3v) is 6.23. The summed E-state index contributed by atoms with van der Waals surface area (Å²) in [6, 6.07) is 7.05. The van der Waals surface area contributed by atoms with Crippen LogP contribution in [0, 0.1) is 0 Å². The molecule has 0 heterocycles. The highest BCUT2D eigenvalue weighted by Gasteiger charge is 2.26. The van der Waals surface area contributed by atoms with Crippen molar-refractivity contribution in [3.63, 3.8) is 0 Å². The zero-order chi connectivity index (χ0) is 38.7. The van der Waals surface area contributed by atoms with E-state index in [9.17, 15) is 28.8 Å². The lowest BCUT2D eigenvalue weighted by molar-refractivity contribution is -0.123. The van der Waals surface area contributed by atoms with Crippen LogP contribution in [-0.2, 0) is 35.1 Å². The molecule has 0 aliphatic carbocycles. The molecule has 0 saturated heterocycles. The second-order valence-corrected chi connectivity index (χ2v) is 14.7. The predicted molar refractivity (Wildman–Crippen MR) is 190 cm³/mol. The minimum Gasteiger partial charge on any atom is -0.445 e. The van der Waals surface area contributed by atoms with Crippen molar-refractivity contribution < 1.29 is 47.7 Å². The van der Waals surface area contributed by atoms with E-state index in [0.717, 1.165) is 5.56 Å². The molecule has 0 radical (unpaired) electrons. The van der Waals surface area contributed by atoms with Gasteiger partial charge in [0.05, 0.1) is 0 Å². The van der Waals surface area contributed by atoms with Crippen LogP contribution in [0.15, 0.2) is 30.3 Å². The van der Waals surface area contributed by atoms with Crippen LogP contribution in [0.5, 0.6) is 0 Å². The lowest BCUT2D eigenvalue weighted by Crippen LogP contribution is -2.50. The number of alkyl carbamates (subject to hydrolysis) is 4. The van der Waals surface area contributed by atoms with E-state index in [1.807, 2.05) is 18.2 Å². The predicted octanol–water partition coefficient (Wildman–Crippen LogP) is 4.02. The molecule has 0 aliphatic heterocycles. The summed E-state index contributed by atoms with van der Waals surface area (Å²) in [5, 5.41) is 15.7. The van der Waals surface area contributed by atoms with Gasteiger partial charge in [-0.3, -0.25) is 9.59 Å². The molecule has 0 aromatic heterocycles. The van der Waals surface area contributed by atoms with Crippen LogP contribution >= 0.6 is 0 Å². The van der Waals surface area contributed by atoms with E-state index in [2.05, 4.69) is 31.9 Å². The van der Waals surface area contributed by atoms with E-state index in [4.69, 9.17) is 18.9 Å². The van der Waals surface area contributed by atoms with Gasteiger partial charge in [-0.05, 0) is 93.6 Å². The molecule has 6 amide bonds. The van der Waals surface area contributed by atoms with Gasteiger partial charge in [-0.15, -0.1) is 0 Å². The molecule has 0 unspecified atom stereocenters. The molecule has 0 aliphatic rings. The van der Waals surface area contributed by atoms with Crippen molar-refractivity contribution in [1.29, 1.82) is 0 Å². The normalized spacial score (nSPS) is 12.6. The molecular weight excluding hydrogens is 664 g/mol. The van der Waals surface area contributed by atoms with Gasteiger partial charge in [0.2, 0.25) is 11.8 Å². The average Bonchev–Trinajstić information content (AvgIpc) is 2.98. The van der Waals surface area contributed by atoms with Gasteiger partial charge in [0, 0.05) is 26.2 Å². The van der Waals surface area contributed by atoms with E-state index < -0.39 is 65.1 Å². The van der Waals surface area contributed by atoms with Crippen molar-refractivity contribution >= 4 is 36.2 Å². The SMILES string of the molecule is CC(C)(C)OC(=O)NCCC[C@@H](NC(=O)OCc1ccccc1)C(=O)NCCC[C@H](NC(=O)OC(C)(C)C)C(=O)NCCNC(=O)OC(C)(C)C. The van der Waals surface area contributed by atoms with E-state index in [1.54, 1.807) is 74.4 Å². The summed E-state index contributed by atoms with van der Waals surface area (Å²) in [7, 11) is 0.